The van der Waals surface area contributed by atoms with Crippen molar-refractivity contribution in [2.24, 2.45) is 12.2 Å². The van der Waals surface area contributed by atoms with E-state index >= 15 is 0 Å². The fourth-order valence-electron chi connectivity index (χ4n) is 0.780. The SMILES string of the molecule is Cn1nccc1OCC(C)(C)N=O. The summed E-state index contributed by atoms with van der Waals surface area (Å²) in [4.78, 5) is 10.3. The maximum absolute atomic E-state index is 10.3. The van der Waals surface area contributed by atoms with Crippen LogP contribution >= 0.6 is 0 Å². The van der Waals surface area contributed by atoms with E-state index in [1.807, 2.05) is 0 Å². The number of hydrogen-bond donors (Lipinski definition) is 0. The minimum Gasteiger partial charge on any atom is -0.475 e. The Bertz CT molecular complexity index is 293. The van der Waals surface area contributed by atoms with Crippen LogP contribution in [0.15, 0.2) is 17.4 Å². The van der Waals surface area contributed by atoms with Gasteiger partial charge in [-0.15, -0.1) is 0 Å². The molecule has 0 amide bonds. The van der Waals surface area contributed by atoms with E-state index < -0.39 is 5.54 Å². The Morgan fingerprint density at radius 1 is 1.69 bits per heavy atom. The molecule has 0 spiro atoms. The standard InChI is InChI=1S/C8H13N3O2/c1-8(2,10-12)6-13-7-4-5-9-11(7)3/h4-5H,6H2,1-3H3. The van der Waals surface area contributed by atoms with Crippen LogP contribution < -0.4 is 4.74 Å². The molecule has 0 radical (unpaired) electrons. The van der Waals surface area contributed by atoms with E-state index in [4.69, 9.17) is 4.74 Å². The number of nitrogens with zero attached hydrogens (tertiary/aromatic N) is 3. The number of aryl methyl sites for hydroxylation is 1. The maximum Gasteiger partial charge on any atom is 0.211 e. The third kappa shape index (κ3) is 2.54. The average molecular weight is 183 g/mol. The smallest absolute Gasteiger partial charge is 0.211 e. The Morgan fingerprint density at radius 2 is 2.38 bits per heavy atom. The Kier molecular flexibility index (Phi) is 2.65. The van der Waals surface area contributed by atoms with Crippen LogP contribution in [0.2, 0.25) is 0 Å². The van der Waals surface area contributed by atoms with E-state index in [0.29, 0.717) is 5.88 Å². The van der Waals surface area contributed by atoms with E-state index in [1.165, 1.54) is 0 Å². The van der Waals surface area contributed by atoms with E-state index in [-0.39, 0.29) is 6.61 Å². The minimum absolute atomic E-state index is 0.260. The molecule has 13 heavy (non-hydrogen) atoms. The van der Waals surface area contributed by atoms with Crippen LogP contribution in [0.5, 0.6) is 5.88 Å². The molecule has 1 aromatic heterocycles. The second kappa shape index (κ2) is 3.55. The van der Waals surface area contributed by atoms with Crippen LogP contribution in [-0.4, -0.2) is 21.9 Å². The van der Waals surface area contributed by atoms with Gasteiger partial charge >= 0.3 is 0 Å². The lowest BCUT2D eigenvalue weighted by Crippen LogP contribution is -2.26. The van der Waals surface area contributed by atoms with Crippen molar-refractivity contribution in [1.29, 1.82) is 0 Å². The van der Waals surface area contributed by atoms with Gasteiger partial charge in [0.05, 0.1) is 6.20 Å². The first-order valence-corrected chi connectivity index (χ1v) is 4.00. The van der Waals surface area contributed by atoms with Gasteiger partial charge in [-0.25, -0.2) is 4.68 Å². The highest BCUT2D eigenvalue weighted by Gasteiger charge is 2.19. The minimum atomic E-state index is -0.690. The normalized spacial score (nSPS) is 11.3. The fraction of sp³-hybridized carbons (Fsp3) is 0.625. The summed E-state index contributed by atoms with van der Waals surface area (Å²) in [5, 5.41) is 6.87. The predicted octanol–water partition coefficient (Wildman–Crippen LogP) is 1.34. The summed E-state index contributed by atoms with van der Waals surface area (Å²) < 4.78 is 6.94. The van der Waals surface area contributed by atoms with Gasteiger partial charge in [-0.1, -0.05) is 5.18 Å². The van der Waals surface area contributed by atoms with Crippen LogP contribution in [0.25, 0.3) is 0 Å². The van der Waals surface area contributed by atoms with Gasteiger partial charge in [-0.2, -0.15) is 10.0 Å². The van der Waals surface area contributed by atoms with Gasteiger partial charge in [-0.05, 0) is 13.8 Å². The molecule has 0 aliphatic carbocycles. The molecule has 5 nitrogen and oxygen atoms in total. The highest BCUT2D eigenvalue weighted by atomic mass is 16.5. The van der Waals surface area contributed by atoms with Crippen LogP contribution in [0.4, 0.5) is 0 Å². The monoisotopic (exact) mass is 183 g/mol. The largest absolute Gasteiger partial charge is 0.475 e. The van der Waals surface area contributed by atoms with Crippen LogP contribution in [0, 0.1) is 4.91 Å². The predicted molar refractivity (Wildman–Crippen MR) is 48.6 cm³/mol. The highest BCUT2D eigenvalue weighted by Crippen LogP contribution is 2.13. The summed E-state index contributed by atoms with van der Waals surface area (Å²) in [5.74, 6) is 0.636. The topological polar surface area (TPSA) is 56.5 Å². The molecule has 0 fully saturated rings. The zero-order chi connectivity index (χ0) is 9.90. The highest BCUT2D eigenvalue weighted by molar-refractivity contribution is 5.07. The summed E-state index contributed by atoms with van der Waals surface area (Å²) in [5.41, 5.74) is -0.690. The first-order valence-electron chi connectivity index (χ1n) is 4.00. The van der Waals surface area contributed by atoms with E-state index in [1.54, 1.807) is 37.8 Å². The van der Waals surface area contributed by atoms with Crippen LogP contribution in [0.1, 0.15) is 13.8 Å². The lowest BCUT2D eigenvalue weighted by atomic mass is 10.1. The summed E-state index contributed by atoms with van der Waals surface area (Å²) in [6.45, 7) is 3.70. The van der Waals surface area contributed by atoms with Crippen molar-refractivity contribution in [2.75, 3.05) is 6.61 Å². The number of ether oxygens (including phenoxy) is 1. The third-order valence-electron chi connectivity index (χ3n) is 1.60. The first-order chi connectivity index (χ1) is 6.05. The molecule has 72 valence electrons. The van der Waals surface area contributed by atoms with Crippen molar-refractivity contribution in [3.05, 3.63) is 17.2 Å². The molecule has 0 atom stereocenters. The van der Waals surface area contributed by atoms with Gasteiger partial charge in [0.25, 0.3) is 0 Å². The zero-order valence-corrected chi connectivity index (χ0v) is 8.02. The van der Waals surface area contributed by atoms with Crippen molar-refractivity contribution in [1.82, 2.24) is 9.78 Å². The number of aromatic nitrogens is 2. The fourth-order valence-corrected chi connectivity index (χ4v) is 0.780. The zero-order valence-electron chi connectivity index (χ0n) is 8.02. The van der Waals surface area contributed by atoms with E-state index in [9.17, 15) is 4.91 Å². The second-order valence-corrected chi connectivity index (χ2v) is 3.49. The molecular weight excluding hydrogens is 170 g/mol. The molecular formula is C8H13N3O2. The lowest BCUT2D eigenvalue weighted by Gasteiger charge is -2.15. The Balaban J connectivity index is 2.53. The molecule has 0 aliphatic rings. The number of rotatable bonds is 4. The third-order valence-corrected chi connectivity index (χ3v) is 1.60. The van der Waals surface area contributed by atoms with Crippen molar-refractivity contribution in [3.8, 4) is 5.88 Å². The summed E-state index contributed by atoms with van der Waals surface area (Å²) in [6, 6.07) is 1.74. The first kappa shape index (κ1) is 9.70. The van der Waals surface area contributed by atoms with Gasteiger partial charge in [0.2, 0.25) is 5.88 Å². The van der Waals surface area contributed by atoms with E-state index in [0.717, 1.165) is 0 Å². The summed E-state index contributed by atoms with van der Waals surface area (Å²) in [6.07, 6.45) is 1.64. The Hall–Kier alpha value is -1.39. The van der Waals surface area contributed by atoms with Crippen LogP contribution in [0.3, 0.4) is 0 Å². The number of hydrogen-bond acceptors (Lipinski definition) is 4. The molecule has 0 aliphatic heterocycles. The molecule has 5 heteroatoms. The summed E-state index contributed by atoms with van der Waals surface area (Å²) >= 11 is 0. The van der Waals surface area contributed by atoms with Crippen molar-refractivity contribution >= 4 is 0 Å². The molecule has 0 saturated carbocycles. The van der Waals surface area contributed by atoms with Gasteiger partial charge in [0, 0.05) is 13.1 Å². The van der Waals surface area contributed by atoms with E-state index in [2.05, 4.69) is 10.3 Å². The maximum atomic E-state index is 10.3. The van der Waals surface area contributed by atoms with Gasteiger partial charge < -0.3 is 4.74 Å². The molecule has 1 rings (SSSR count). The molecule has 0 saturated heterocycles. The Labute approximate surface area is 76.7 Å². The average Bonchev–Trinajstić information content (AvgIpc) is 2.48. The molecule has 0 N–H and O–H groups in total. The van der Waals surface area contributed by atoms with Crippen LogP contribution in [-0.2, 0) is 7.05 Å². The lowest BCUT2D eigenvalue weighted by molar-refractivity contribution is 0.226. The molecule has 1 heterocycles. The van der Waals surface area contributed by atoms with Gasteiger partial charge in [-0.3, -0.25) is 0 Å². The molecule has 1 aromatic rings. The quantitative estimate of drug-likeness (QED) is 0.662. The van der Waals surface area contributed by atoms with Crippen molar-refractivity contribution in [3.63, 3.8) is 0 Å². The van der Waals surface area contributed by atoms with Crippen molar-refractivity contribution < 1.29 is 4.74 Å². The molecule has 0 unspecified atom stereocenters. The Morgan fingerprint density at radius 3 is 2.85 bits per heavy atom. The number of nitroso groups, excluding NO2 is 1. The second-order valence-electron chi connectivity index (χ2n) is 3.49. The van der Waals surface area contributed by atoms with Gasteiger partial charge in [0.15, 0.2) is 0 Å². The molecule has 0 bridgehead atoms. The summed E-state index contributed by atoms with van der Waals surface area (Å²) in [7, 11) is 1.77. The van der Waals surface area contributed by atoms with Crippen molar-refractivity contribution in [2.45, 2.75) is 19.4 Å². The molecule has 0 aromatic carbocycles. The van der Waals surface area contributed by atoms with Gasteiger partial charge in [0.1, 0.15) is 12.1 Å².